The second kappa shape index (κ2) is 2.32. The smallest absolute Gasteiger partial charge is 0.0494 e. The molecule has 0 spiro atoms. The number of hydrogen-bond acceptors (Lipinski definition) is 1. The van der Waals surface area contributed by atoms with E-state index in [4.69, 9.17) is 0 Å². The Morgan fingerprint density at radius 1 is 1.42 bits per heavy atom. The van der Waals surface area contributed by atoms with Crippen LogP contribution >= 0.6 is 0 Å². The Morgan fingerprint density at radius 2 is 2.17 bits per heavy atom. The zero-order valence-corrected chi connectivity index (χ0v) is 8.02. The van der Waals surface area contributed by atoms with Gasteiger partial charge in [0, 0.05) is 17.3 Å². The van der Waals surface area contributed by atoms with Crippen molar-refractivity contribution in [2.75, 3.05) is 0 Å². The van der Waals surface area contributed by atoms with E-state index in [0.717, 1.165) is 0 Å². The molecule has 1 aliphatic rings. The molecule has 0 aliphatic heterocycles. The van der Waals surface area contributed by atoms with Gasteiger partial charge in [0.15, 0.2) is 0 Å². The Morgan fingerprint density at radius 3 is 2.83 bits per heavy atom. The van der Waals surface area contributed by atoms with E-state index in [1.54, 1.807) is 0 Å². The minimum absolute atomic E-state index is 0.307. The van der Waals surface area contributed by atoms with Gasteiger partial charge in [-0.25, -0.2) is 0 Å². The maximum Gasteiger partial charge on any atom is 0.0494 e. The number of rotatable bonds is 0. The first-order chi connectivity index (χ1) is 5.61. The Balaban J connectivity index is 2.61. The maximum absolute atomic E-state index is 4.47. The largest absolute Gasteiger partial charge is 0.260 e. The minimum atomic E-state index is 0.307. The van der Waals surface area contributed by atoms with E-state index in [1.165, 1.54) is 29.7 Å². The van der Waals surface area contributed by atoms with Crippen molar-refractivity contribution in [1.82, 2.24) is 4.98 Å². The van der Waals surface area contributed by atoms with E-state index in [-0.39, 0.29) is 0 Å². The second-order valence-corrected chi connectivity index (χ2v) is 4.34. The van der Waals surface area contributed by atoms with E-state index < -0.39 is 0 Å². The van der Waals surface area contributed by atoms with Crippen molar-refractivity contribution in [3.05, 3.63) is 29.1 Å². The number of fused-ring (bicyclic) bond motifs is 1. The fourth-order valence-electron chi connectivity index (χ4n) is 2.04. The molecule has 0 saturated heterocycles. The van der Waals surface area contributed by atoms with Gasteiger partial charge in [-0.3, -0.25) is 4.98 Å². The summed E-state index contributed by atoms with van der Waals surface area (Å²) >= 11 is 0. The summed E-state index contributed by atoms with van der Waals surface area (Å²) in [5, 5.41) is 0. The predicted octanol–water partition coefficient (Wildman–Crippen LogP) is 2.61. The van der Waals surface area contributed by atoms with Gasteiger partial charge in [-0.05, 0) is 37.0 Å². The molecule has 12 heavy (non-hydrogen) atoms. The molecule has 0 saturated carbocycles. The van der Waals surface area contributed by atoms with Gasteiger partial charge in [0.05, 0.1) is 0 Å². The molecule has 1 aliphatic carbocycles. The summed E-state index contributed by atoms with van der Waals surface area (Å²) in [4.78, 5) is 4.47. The highest BCUT2D eigenvalue weighted by molar-refractivity contribution is 5.37. The van der Waals surface area contributed by atoms with Crippen LogP contribution in [0.5, 0.6) is 0 Å². The lowest BCUT2D eigenvalue weighted by atomic mass is 9.90. The SMILES string of the molecule is Cc1ccnc2c1CCC2(C)C. The van der Waals surface area contributed by atoms with Crippen molar-refractivity contribution in [2.45, 2.75) is 39.0 Å². The van der Waals surface area contributed by atoms with Gasteiger partial charge in [0.25, 0.3) is 0 Å². The average molecular weight is 161 g/mol. The van der Waals surface area contributed by atoms with Crippen LogP contribution in [-0.2, 0) is 11.8 Å². The molecule has 1 aromatic rings. The van der Waals surface area contributed by atoms with Gasteiger partial charge in [0.1, 0.15) is 0 Å². The van der Waals surface area contributed by atoms with Gasteiger partial charge >= 0.3 is 0 Å². The van der Waals surface area contributed by atoms with Crippen LogP contribution in [0, 0.1) is 6.92 Å². The Kier molecular flexibility index (Phi) is 1.50. The van der Waals surface area contributed by atoms with E-state index >= 15 is 0 Å². The van der Waals surface area contributed by atoms with Crippen LogP contribution in [0.15, 0.2) is 12.3 Å². The fourth-order valence-corrected chi connectivity index (χ4v) is 2.04. The van der Waals surface area contributed by atoms with Gasteiger partial charge in [-0.2, -0.15) is 0 Å². The Labute approximate surface area is 73.8 Å². The lowest BCUT2D eigenvalue weighted by Crippen LogP contribution is -2.13. The third-order valence-corrected chi connectivity index (χ3v) is 2.93. The highest BCUT2D eigenvalue weighted by Gasteiger charge is 2.31. The lowest BCUT2D eigenvalue weighted by molar-refractivity contribution is 0.509. The first-order valence-electron chi connectivity index (χ1n) is 4.56. The third-order valence-electron chi connectivity index (χ3n) is 2.93. The molecule has 1 heterocycles. The zero-order valence-electron chi connectivity index (χ0n) is 8.02. The summed E-state index contributed by atoms with van der Waals surface area (Å²) in [6.45, 7) is 6.75. The zero-order chi connectivity index (χ0) is 8.77. The predicted molar refractivity (Wildman–Crippen MR) is 50.3 cm³/mol. The van der Waals surface area contributed by atoms with E-state index in [0.29, 0.717) is 5.41 Å². The van der Waals surface area contributed by atoms with Crippen LogP contribution in [-0.4, -0.2) is 4.98 Å². The normalized spacial score (nSPS) is 19.2. The van der Waals surface area contributed by atoms with E-state index in [9.17, 15) is 0 Å². The van der Waals surface area contributed by atoms with Crippen LogP contribution in [0.2, 0.25) is 0 Å². The Bertz CT molecular complexity index is 313. The lowest BCUT2D eigenvalue weighted by Gasteiger charge is -2.17. The summed E-state index contributed by atoms with van der Waals surface area (Å²) in [5.41, 5.74) is 4.53. The topological polar surface area (TPSA) is 12.9 Å². The molecule has 0 N–H and O–H groups in total. The highest BCUT2D eigenvalue weighted by Crippen LogP contribution is 2.37. The monoisotopic (exact) mass is 161 g/mol. The molecule has 1 heteroatoms. The van der Waals surface area contributed by atoms with E-state index in [2.05, 4.69) is 31.8 Å². The fraction of sp³-hybridized carbons (Fsp3) is 0.545. The van der Waals surface area contributed by atoms with Crippen LogP contribution < -0.4 is 0 Å². The maximum atomic E-state index is 4.47. The van der Waals surface area contributed by atoms with Gasteiger partial charge in [-0.1, -0.05) is 13.8 Å². The van der Waals surface area contributed by atoms with Crippen molar-refractivity contribution in [1.29, 1.82) is 0 Å². The molecule has 1 aromatic heterocycles. The summed E-state index contributed by atoms with van der Waals surface area (Å²) < 4.78 is 0. The first kappa shape index (κ1) is 7.78. The van der Waals surface area contributed by atoms with Crippen LogP contribution in [0.25, 0.3) is 0 Å². The van der Waals surface area contributed by atoms with Gasteiger partial charge in [0.2, 0.25) is 0 Å². The molecule has 0 unspecified atom stereocenters. The van der Waals surface area contributed by atoms with Crippen LogP contribution in [0.1, 0.15) is 37.1 Å². The molecule has 0 fully saturated rings. The molecule has 0 amide bonds. The number of pyridine rings is 1. The minimum Gasteiger partial charge on any atom is -0.260 e. The van der Waals surface area contributed by atoms with Crippen LogP contribution in [0.4, 0.5) is 0 Å². The molecular weight excluding hydrogens is 146 g/mol. The van der Waals surface area contributed by atoms with Gasteiger partial charge < -0.3 is 0 Å². The van der Waals surface area contributed by atoms with Crippen molar-refractivity contribution in [2.24, 2.45) is 0 Å². The van der Waals surface area contributed by atoms with Crippen molar-refractivity contribution < 1.29 is 0 Å². The number of hydrogen-bond donors (Lipinski definition) is 0. The molecule has 0 aromatic carbocycles. The quantitative estimate of drug-likeness (QED) is 0.570. The second-order valence-electron chi connectivity index (χ2n) is 4.34. The van der Waals surface area contributed by atoms with E-state index in [1.807, 2.05) is 6.20 Å². The number of aryl methyl sites for hydroxylation is 1. The third kappa shape index (κ3) is 0.961. The molecule has 0 atom stereocenters. The molecule has 64 valence electrons. The Hall–Kier alpha value is -0.850. The summed E-state index contributed by atoms with van der Waals surface area (Å²) in [5.74, 6) is 0. The van der Waals surface area contributed by atoms with Crippen molar-refractivity contribution in [3.63, 3.8) is 0 Å². The average Bonchev–Trinajstić information content (AvgIpc) is 2.30. The van der Waals surface area contributed by atoms with Crippen LogP contribution in [0.3, 0.4) is 0 Å². The standard InChI is InChI=1S/C11H15N/c1-8-5-7-12-10-9(8)4-6-11(10,2)3/h5,7H,4,6H2,1-3H3. The molecule has 2 rings (SSSR count). The summed E-state index contributed by atoms with van der Waals surface area (Å²) in [6, 6.07) is 2.11. The molecule has 0 radical (unpaired) electrons. The highest BCUT2D eigenvalue weighted by atomic mass is 14.7. The first-order valence-corrected chi connectivity index (χ1v) is 4.56. The molecule has 1 nitrogen and oxygen atoms in total. The molecular formula is C11H15N. The van der Waals surface area contributed by atoms with Gasteiger partial charge in [-0.15, -0.1) is 0 Å². The number of nitrogens with zero attached hydrogens (tertiary/aromatic N) is 1. The molecule has 0 bridgehead atoms. The summed E-state index contributed by atoms with van der Waals surface area (Å²) in [7, 11) is 0. The van der Waals surface area contributed by atoms with Crippen molar-refractivity contribution >= 4 is 0 Å². The number of aromatic nitrogens is 1. The summed E-state index contributed by atoms with van der Waals surface area (Å²) in [6.07, 6.45) is 4.39. The van der Waals surface area contributed by atoms with Crippen molar-refractivity contribution in [3.8, 4) is 0 Å².